The number of likely N-dealkylation sites (tertiary alicyclic amines) is 1. The highest BCUT2D eigenvalue weighted by Crippen LogP contribution is 2.22. The molecule has 0 aliphatic carbocycles. The summed E-state index contributed by atoms with van der Waals surface area (Å²) < 4.78 is 10.4. The highest BCUT2D eigenvalue weighted by molar-refractivity contribution is 5.84. The molecule has 0 aromatic carbocycles. The molecule has 2 heterocycles. The number of ether oxygens (including phenoxy) is 1. The monoisotopic (exact) mass is 339 g/mol. The van der Waals surface area contributed by atoms with Crippen LogP contribution in [0.4, 0.5) is 0 Å². The first-order valence-electron chi connectivity index (χ1n) is 8.10. The SMILES string of the molecule is COC1CC(C(=O)O)N(C(=O)CCCc2nc(C(C)(C)C)no2)C1. The fourth-order valence-electron chi connectivity index (χ4n) is 2.67. The van der Waals surface area contributed by atoms with Crippen molar-refractivity contribution in [3.63, 3.8) is 0 Å². The Bertz CT molecular complexity index is 593. The Kier molecular flexibility index (Phi) is 5.58. The Morgan fingerprint density at radius 3 is 2.67 bits per heavy atom. The maximum absolute atomic E-state index is 12.3. The second-order valence-electron chi connectivity index (χ2n) is 7.11. The van der Waals surface area contributed by atoms with Crippen LogP contribution in [0, 0.1) is 0 Å². The average molecular weight is 339 g/mol. The summed E-state index contributed by atoms with van der Waals surface area (Å²) in [4.78, 5) is 29.3. The second kappa shape index (κ2) is 7.29. The summed E-state index contributed by atoms with van der Waals surface area (Å²) in [6.07, 6.45) is 1.38. The minimum Gasteiger partial charge on any atom is -0.480 e. The van der Waals surface area contributed by atoms with Gasteiger partial charge in [-0.2, -0.15) is 4.98 Å². The number of aromatic nitrogens is 2. The van der Waals surface area contributed by atoms with E-state index in [-0.39, 0.29) is 23.8 Å². The van der Waals surface area contributed by atoms with Crippen molar-refractivity contribution in [2.24, 2.45) is 0 Å². The van der Waals surface area contributed by atoms with Gasteiger partial charge in [-0.25, -0.2) is 4.79 Å². The molecular weight excluding hydrogens is 314 g/mol. The quantitative estimate of drug-likeness (QED) is 0.834. The van der Waals surface area contributed by atoms with E-state index < -0.39 is 12.0 Å². The van der Waals surface area contributed by atoms with Crippen LogP contribution in [0.5, 0.6) is 0 Å². The molecule has 1 aromatic rings. The molecule has 0 bridgehead atoms. The van der Waals surface area contributed by atoms with E-state index in [4.69, 9.17) is 9.26 Å². The molecular formula is C16H25N3O5. The summed E-state index contributed by atoms with van der Waals surface area (Å²) in [5.74, 6) is -0.0388. The fraction of sp³-hybridized carbons (Fsp3) is 0.750. The van der Waals surface area contributed by atoms with E-state index in [1.165, 1.54) is 12.0 Å². The lowest BCUT2D eigenvalue weighted by Crippen LogP contribution is -2.40. The van der Waals surface area contributed by atoms with E-state index in [0.717, 1.165) is 0 Å². The van der Waals surface area contributed by atoms with Gasteiger partial charge in [0.05, 0.1) is 6.10 Å². The van der Waals surface area contributed by atoms with Gasteiger partial charge in [-0.3, -0.25) is 4.79 Å². The van der Waals surface area contributed by atoms with Crippen LogP contribution in [0.25, 0.3) is 0 Å². The van der Waals surface area contributed by atoms with Gasteiger partial charge in [-0.15, -0.1) is 0 Å². The number of carbonyl (C=O) groups is 2. The Hall–Kier alpha value is -1.96. The zero-order chi connectivity index (χ0) is 17.9. The van der Waals surface area contributed by atoms with Crippen LogP contribution in [0.15, 0.2) is 4.52 Å². The Morgan fingerprint density at radius 2 is 2.12 bits per heavy atom. The van der Waals surface area contributed by atoms with Gasteiger partial charge in [0, 0.05) is 38.3 Å². The van der Waals surface area contributed by atoms with Crippen LogP contribution >= 0.6 is 0 Å². The average Bonchev–Trinajstić information content (AvgIpc) is 3.13. The molecule has 1 aliphatic heterocycles. The molecule has 1 fully saturated rings. The van der Waals surface area contributed by atoms with Gasteiger partial charge >= 0.3 is 5.97 Å². The molecule has 8 nitrogen and oxygen atoms in total. The number of aliphatic carboxylic acids is 1. The molecule has 1 N–H and O–H groups in total. The number of methoxy groups -OCH3 is 1. The third-order valence-corrected chi connectivity index (χ3v) is 4.12. The molecule has 0 saturated carbocycles. The molecule has 1 aromatic heterocycles. The largest absolute Gasteiger partial charge is 0.480 e. The van der Waals surface area contributed by atoms with Gasteiger partial charge in [-0.05, 0) is 6.42 Å². The van der Waals surface area contributed by atoms with E-state index in [9.17, 15) is 14.7 Å². The van der Waals surface area contributed by atoms with E-state index in [1.807, 2.05) is 20.8 Å². The molecule has 0 spiro atoms. The zero-order valence-corrected chi connectivity index (χ0v) is 14.6. The van der Waals surface area contributed by atoms with Gasteiger partial charge in [0.25, 0.3) is 0 Å². The van der Waals surface area contributed by atoms with Crippen LogP contribution in [-0.2, 0) is 26.2 Å². The third-order valence-electron chi connectivity index (χ3n) is 4.12. The number of hydrogen-bond donors (Lipinski definition) is 1. The first-order valence-corrected chi connectivity index (χ1v) is 8.10. The summed E-state index contributed by atoms with van der Waals surface area (Å²) in [6.45, 7) is 6.31. The van der Waals surface area contributed by atoms with Gasteiger partial charge in [-0.1, -0.05) is 25.9 Å². The highest BCUT2D eigenvalue weighted by Gasteiger charge is 2.39. The molecule has 0 radical (unpaired) electrons. The summed E-state index contributed by atoms with van der Waals surface area (Å²) in [6, 6.07) is -0.807. The summed E-state index contributed by atoms with van der Waals surface area (Å²) in [7, 11) is 1.53. The topological polar surface area (TPSA) is 106 Å². The maximum atomic E-state index is 12.3. The summed E-state index contributed by atoms with van der Waals surface area (Å²) >= 11 is 0. The lowest BCUT2D eigenvalue weighted by atomic mass is 9.96. The number of carbonyl (C=O) groups excluding carboxylic acids is 1. The zero-order valence-electron chi connectivity index (χ0n) is 14.6. The van der Waals surface area contributed by atoms with Crippen LogP contribution in [0.2, 0.25) is 0 Å². The number of hydrogen-bond acceptors (Lipinski definition) is 6. The Morgan fingerprint density at radius 1 is 1.42 bits per heavy atom. The van der Waals surface area contributed by atoms with Crippen molar-refractivity contribution in [1.82, 2.24) is 15.0 Å². The van der Waals surface area contributed by atoms with Crippen LogP contribution in [0.3, 0.4) is 0 Å². The fourth-order valence-corrected chi connectivity index (χ4v) is 2.67. The van der Waals surface area contributed by atoms with E-state index in [0.29, 0.717) is 37.5 Å². The highest BCUT2D eigenvalue weighted by atomic mass is 16.5. The number of nitrogens with zero attached hydrogens (tertiary/aromatic N) is 3. The van der Waals surface area contributed by atoms with Crippen molar-refractivity contribution in [3.8, 4) is 0 Å². The summed E-state index contributed by atoms with van der Waals surface area (Å²) in [5, 5.41) is 13.2. The Balaban J connectivity index is 1.86. The van der Waals surface area contributed by atoms with Crippen molar-refractivity contribution in [1.29, 1.82) is 0 Å². The van der Waals surface area contributed by atoms with Crippen LogP contribution in [0.1, 0.15) is 51.7 Å². The van der Waals surface area contributed by atoms with Crippen molar-refractivity contribution < 1.29 is 24.0 Å². The molecule has 134 valence electrons. The second-order valence-corrected chi connectivity index (χ2v) is 7.11. The standard InChI is InChI=1S/C16H25N3O5/c1-16(2,3)15-17-12(24-18-15)6-5-7-13(20)19-9-10(23-4)8-11(19)14(21)22/h10-11H,5-9H2,1-4H3,(H,21,22). The van der Waals surface area contributed by atoms with Gasteiger partial charge < -0.3 is 19.3 Å². The number of carboxylic acids is 1. The molecule has 2 rings (SSSR count). The third kappa shape index (κ3) is 4.31. The number of aryl methyl sites for hydroxylation is 1. The maximum Gasteiger partial charge on any atom is 0.326 e. The minimum absolute atomic E-state index is 0.183. The van der Waals surface area contributed by atoms with Crippen molar-refractivity contribution in [2.45, 2.75) is 64.0 Å². The normalized spacial score (nSPS) is 21.2. The van der Waals surface area contributed by atoms with Crippen LogP contribution < -0.4 is 0 Å². The Labute approximate surface area is 141 Å². The number of carboxylic acid groups (broad SMARTS) is 1. The predicted octanol–water partition coefficient (Wildman–Crippen LogP) is 1.39. The smallest absolute Gasteiger partial charge is 0.326 e. The number of rotatable bonds is 6. The van der Waals surface area contributed by atoms with Gasteiger partial charge in [0.2, 0.25) is 11.8 Å². The number of amides is 1. The van der Waals surface area contributed by atoms with Gasteiger partial charge in [0.1, 0.15) is 6.04 Å². The lowest BCUT2D eigenvalue weighted by molar-refractivity contribution is -0.148. The van der Waals surface area contributed by atoms with Crippen molar-refractivity contribution in [3.05, 3.63) is 11.7 Å². The lowest BCUT2D eigenvalue weighted by Gasteiger charge is -2.21. The van der Waals surface area contributed by atoms with Gasteiger partial charge in [0.15, 0.2) is 5.82 Å². The van der Waals surface area contributed by atoms with E-state index in [2.05, 4.69) is 10.1 Å². The van der Waals surface area contributed by atoms with Crippen molar-refractivity contribution in [2.75, 3.05) is 13.7 Å². The summed E-state index contributed by atoms with van der Waals surface area (Å²) in [5.41, 5.74) is -0.184. The first kappa shape index (κ1) is 18.4. The first-order chi connectivity index (χ1) is 11.2. The molecule has 1 amide bonds. The van der Waals surface area contributed by atoms with E-state index >= 15 is 0 Å². The molecule has 24 heavy (non-hydrogen) atoms. The minimum atomic E-state index is -0.991. The van der Waals surface area contributed by atoms with E-state index in [1.54, 1.807) is 0 Å². The predicted molar refractivity (Wildman–Crippen MR) is 84.5 cm³/mol. The van der Waals surface area contributed by atoms with Crippen molar-refractivity contribution >= 4 is 11.9 Å². The molecule has 1 saturated heterocycles. The molecule has 1 aliphatic rings. The molecule has 2 atom stereocenters. The van der Waals surface area contributed by atoms with Crippen LogP contribution in [-0.4, -0.2) is 57.8 Å². The molecule has 2 unspecified atom stereocenters. The molecule has 8 heteroatoms.